The second-order valence-electron chi connectivity index (χ2n) is 9.25. The van der Waals surface area contributed by atoms with Gasteiger partial charge in [-0.15, -0.1) is 6.40 Å². The van der Waals surface area contributed by atoms with Crippen molar-refractivity contribution in [2.75, 3.05) is 81.6 Å². The van der Waals surface area contributed by atoms with Crippen LogP contribution in [-0.2, 0) is 15.7 Å². The Balaban J connectivity index is 1.47. The number of anilines is 4. The molecule has 204 valence electrons. The van der Waals surface area contributed by atoms with Gasteiger partial charge in [0.2, 0.25) is 11.9 Å². The van der Waals surface area contributed by atoms with Crippen molar-refractivity contribution >= 4 is 29.0 Å². The molecule has 9 nitrogen and oxygen atoms in total. The minimum Gasteiger partial charge on any atom is -0.379 e. The molecule has 1 amide bonds. The van der Waals surface area contributed by atoms with E-state index < -0.39 is 11.7 Å². The van der Waals surface area contributed by atoms with Gasteiger partial charge >= 0.3 is 6.18 Å². The Bertz CT molecular complexity index is 1210. The zero-order valence-corrected chi connectivity index (χ0v) is 21.3. The summed E-state index contributed by atoms with van der Waals surface area (Å²) in [6.07, 6.45) is -1.02. The lowest BCUT2D eigenvalue weighted by atomic mass is 10.1. The van der Waals surface area contributed by atoms with Crippen LogP contribution in [0.4, 0.5) is 36.3 Å². The number of ether oxygens (including phenoxy) is 1. The van der Waals surface area contributed by atoms with E-state index in [1.807, 2.05) is 12.1 Å². The van der Waals surface area contributed by atoms with Gasteiger partial charge in [0.15, 0.2) is 0 Å². The minimum absolute atomic E-state index is 0.0257. The number of hydrogen-bond acceptors (Lipinski definition) is 8. The van der Waals surface area contributed by atoms with Crippen molar-refractivity contribution in [2.24, 2.45) is 0 Å². The smallest absolute Gasteiger partial charge is 0.379 e. The van der Waals surface area contributed by atoms with E-state index in [4.69, 9.17) is 6.11 Å². The maximum Gasteiger partial charge on any atom is 0.421 e. The third kappa shape index (κ3) is 7.05. The maximum absolute atomic E-state index is 13.7. The lowest BCUT2D eigenvalue weighted by molar-refractivity contribution is -0.137. The van der Waals surface area contributed by atoms with Crippen LogP contribution in [-0.4, -0.2) is 91.7 Å². The molecule has 0 spiro atoms. The maximum atomic E-state index is 13.7. The second-order valence-corrected chi connectivity index (χ2v) is 9.25. The molecule has 2 aliphatic heterocycles. The summed E-state index contributed by atoms with van der Waals surface area (Å²) in [5.74, 6) is 2.32. The van der Waals surface area contributed by atoms with Crippen LogP contribution in [0.1, 0.15) is 25.3 Å². The SMILES string of the molecule is [2H]C#Cc1cc(N2CCN(C)CC2)ccc1Nc1ncc(C(F)(F)F)c(NCCCN2CCOCCC2=O)n1. The highest BCUT2D eigenvalue weighted by atomic mass is 19.4. The number of hydrogen-bond donors (Lipinski definition) is 2. The Labute approximate surface area is 221 Å². The molecule has 0 atom stereocenters. The lowest BCUT2D eigenvalue weighted by Crippen LogP contribution is -2.44. The van der Waals surface area contributed by atoms with Crippen LogP contribution >= 0.6 is 0 Å². The molecule has 1 aromatic carbocycles. The monoisotopic (exact) mass is 532 g/mol. The van der Waals surface area contributed by atoms with E-state index in [1.165, 1.54) is 0 Å². The summed E-state index contributed by atoms with van der Waals surface area (Å²) in [6, 6.07) is 5.53. The quantitative estimate of drug-likeness (QED) is 0.397. The van der Waals surface area contributed by atoms with Gasteiger partial charge in [0, 0.05) is 63.3 Å². The average Bonchev–Trinajstić information content (AvgIpc) is 3.11. The predicted octanol–water partition coefficient (Wildman–Crippen LogP) is 3.02. The second kappa shape index (κ2) is 12.3. The molecule has 0 saturated carbocycles. The molecule has 2 aromatic rings. The van der Waals surface area contributed by atoms with E-state index in [1.54, 1.807) is 11.0 Å². The summed E-state index contributed by atoms with van der Waals surface area (Å²) in [7, 11) is 2.07. The predicted molar refractivity (Wildman–Crippen MR) is 140 cm³/mol. The molecule has 2 fully saturated rings. The Morgan fingerprint density at radius 3 is 2.79 bits per heavy atom. The molecule has 0 unspecified atom stereocenters. The number of aromatic nitrogens is 2. The topological polar surface area (TPSA) is 85.9 Å². The first kappa shape index (κ1) is 26.1. The molecule has 2 saturated heterocycles. The zero-order chi connectivity index (χ0) is 27.8. The van der Waals surface area contributed by atoms with Crippen LogP contribution in [0, 0.1) is 12.3 Å². The van der Waals surface area contributed by atoms with E-state index in [-0.39, 0.29) is 24.2 Å². The van der Waals surface area contributed by atoms with Gasteiger partial charge in [0.05, 0.1) is 25.3 Å². The molecular formula is C26H32F3N7O2. The third-order valence-corrected chi connectivity index (χ3v) is 6.56. The number of alkyl halides is 3. The van der Waals surface area contributed by atoms with Gasteiger partial charge in [-0.05, 0) is 31.7 Å². The number of nitrogens with one attached hydrogen (secondary N) is 2. The van der Waals surface area contributed by atoms with Gasteiger partial charge in [-0.2, -0.15) is 18.2 Å². The minimum atomic E-state index is -4.65. The molecule has 4 rings (SSSR count). The number of benzene rings is 1. The van der Waals surface area contributed by atoms with Crippen LogP contribution in [0.25, 0.3) is 0 Å². The summed E-state index contributed by atoms with van der Waals surface area (Å²) in [4.78, 5) is 26.2. The highest BCUT2D eigenvalue weighted by Gasteiger charge is 2.35. The van der Waals surface area contributed by atoms with Crippen molar-refractivity contribution in [3.05, 3.63) is 35.5 Å². The molecule has 38 heavy (non-hydrogen) atoms. The fraction of sp³-hybridized carbons (Fsp3) is 0.500. The van der Waals surface area contributed by atoms with Crippen molar-refractivity contribution in [2.45, 2.75) is 19.0 Å². The number of carbonyl (C=O) groups is 1. The number of carbonyl (C=O) groups excluding carboxylic acids is 1. The molecule has 12 heteroatoms. The van der Waals surface area contributed by atoms with Crippen molar-refractivity contribution in [3.8, 4) is 12.3 Å². The Kier molecular flexibility index (Phi) is 8.45. The first-order chi connectivity index (χ1) is 18.7. The normalized spacial score (nSPS) is 17.4. The number of likely N-dealkylation sites (N-methyl/N-ethyl adjacent to an activating group) is 1. The molecule has 2 N–H and O–H groups in total. The Morgan fingerprint density at radius 1 is 1.21 bits per heavy atom. The van der Waals surface area contributed by atoms with Crippen molar-refractivity contribution in [1.29, 1.82) is 0 Å². The van der Waals surface area contributed by atoms with Gasteiger partial charge < -0.3 is 30.1 Å². The fourth-order valence-electron chi connectivity index (χ4n) is 4.34. The highest BCUT2D eigenvalue weighted by molar-refractivity contribution is 5.76. The first-order valence-electron chi connectivity index (χ1n) is 13.1. The fourth-order valence-corrected chi connectivity index (χ4v) is 4.34. The van der Waals surface area contributed by atoms with Gasteiger partial charge in [0.1, 0.15) is 12.8 Å². The molecule has 3 heterocycles. The number of terminal acetylenes is 1. The van der Waals surface area contributed by atoms with Crippen molar-refractivity contribution < 1.29 is 24.1 Å². The number of nitrogens with zero attached hydrogens (tertiary/aromatic N) is 5. The average molecular weight is 533 g/mol. The van der Waals surface area contributed by atoms with Gasteiger partial charge in [0.25, 0.3) is 0 Å². The van der Waals surface area contributed by atoms with E-state index in [0.29, 0.717) is 50.4 Å². The summed E-state index contributed by atoms with van der Waals surface area (Å²) in [5, 5.41) is 5.72. The Hall–Kier alpha value is -3.56. The number of halogens is 3. The largest absolute Gasteiger partial charge is 0.421 e. The standard InChI is InChI=1S/C26H32F3N7O2/c1-3-19-17-20(35-12-10-34(2)11-13-35)5-6-22(19)32-25-31-18-21(26(27,28)29)24(33-25)30-8-4-9-36-14-16-38-15-7-23(36)37/h1,5-6,17-18H,4,7-16H2,2H3,(H2,30,31,32,33)/i1D. The lowest BCUT2D eigenvalue weighted by Gasteiger charge is -2.34. The van der Waals surface area contributed by atoms with Gasteiger partial charge in [-0.3, -0.25) is 4.79 Å². The first-order valence-corrected chi connectivity index (χ1v) is 12.6. The third-order valence-electron chi connectivity index (χ3n) is 6.56. The molecule has 1 aromatic heterocycles. The molecule has 2 aliphatic rings. The zero-order valence-electron chi connectivity index (χ0n) is 22.3. The van der Waals surface area contributed by atoms with E-state index in [2.05, 4.69) is 49.8 Å². The van der Waals surface area contributed by atoms with Crippen molar-refractivity contribution in [1.82, 2.24) is 19.8 Å². The summed E-state index contributed by atoms with van der Waals surface area (Å²) in [6.45, 7) is 5.44. The molecule has 0 aliphatic carbocycles. The summed E-state index contributed by atoms with van der Waals surface area (Å²) >= 11 is 0. The Morgan fingerprint density at radius 2 is 2.03 bits per heavy atom. The van der Waals surface area contributed by atoms with Crippen LogP contribution < -0.4 is 15.5 Å². The summed E-state index contributed by atoms with van der Waals surface area (Å²) in [5.41, 5.74) is 0.978. The number of piperazine rings is 1. The van der Waals surface area contributed by atoms with Gasteiger partial charge in [-0.25, -0.2) is 4.98 Å². The highest BCUT2D eigenvalue weighted by Crippen LogP contribution is 2.34. The summed E-state index contributed by atoms with van der Waals surface area (Å²) < 4.78 is 53.7. The van der Waals surface area contributed by atoms with E-state index >= 15 is 0 Å². The van der Waals surface area contributed by atoms with Crippen LogP contribution in [0.2, 0.25) is 0 Å². The van der Waals surface area contributed by atoms with Gasteiger partial charge in [-0.1, -0.05) is 5.92 Å². The number of rotatable bonds is 8. The molecular weight excluding hydrogens is 499 g/mol. The van der Waals surface area contributed by atoms with Crippen LogP contribution in [0.5, 0.6) is 0 Å². The number of amides is 1. The van der Waals surface area contributed by atoms with E-state index in [9.17, 15) is 18.0 Å². The van der Waals surface area contributed by atoms with Crippen molar-refractivity contribution in [3.63, 3.8) is 0 Å². The molecule has 0 radical (unpaired) electrons. The molecule has 0 bridgehead atoms. The van der Waals surface area contributed by atoms with E-state index in [0.717, 1.165) is 38.1 Å². The van der Waals surface area contributed by atoms with Crippen LogP contribution in [0.15, 0.2) is 24.4 Å². The van der Waals surface area contributed by atoms with Crippen LogP contribution in [0.3, 0.4) is 0 Å².